The van der Waals surface area contributed by atoms with E-state index in [4.69, 9.17) is 15.0 Å². The van der Waals surface area contributed by atoms with Gasteiger partial charge in [-0.3, -0.25) is 0 Å². The Morgan fingerprint density at radius 2 is 1.00 bits per heavy atom. The normalized spacial score (nSPS) is 12.2. The highest BCUT2D eigenvalue weighted by atomic mass is 16.3. The van der Waals surface area contributed by atoms with Gasteiger partial charge in [-0.1, -0.05) is 126 Å². The Kier molecular flexibility index (Phi) is 7.01. The number of aromatic hydroxyl groups is 1. The Morgan fingerprint density at radius 3 is 1.57 bits per heavy atom. The first kappa shape index (κ1) is 29.4. The van der Waals surface area contributed by atoms with Gasteiger partial charge < -0.3 is 9.67 Å². The molecule has 0 saturated heterocycles. The number of rotatable bonds is 4. The highest BCUT2D eigenvalue weighted by Gasteiger charge is 2.19. The molecule has 7 aromatic rings. The molecule has 5 nitrogen and oxygen atoms in total. The Labute approximate surface area is 270 Å². The van der Waals surface area contributed by atoms with Crippen LogP contribution < -0.4 is 0 Å². The molecule has 2 heterocycles. The summed E-state index contributed by atoms with van der Waals surface area (Å²) in [4.78, 5) is 15.1. The van der Waals surface area contributed by atoms with Gasteiger partial charge in [0.25, 0.3) is 0 Å². The number of phenols is 1. The number of hydrogen-bond donors (Lipinski definition) is 1. The minimum Gasteiger partial charge on any atom is -0.507 e. The lowest BCUT2D eigenvalue weighted by atomic mass is 9.86. The molecule has 0 spiro atoms. The molecular weight excluding hydrogens is 564 g/mol. The topological polar surface area (TPSA) is 63.8 Å². The number of fused-ring (bicyclic) bond motifs is 3. The van der Waals surface area contributed by atoms with Crippen molar-refractivity contribution in [3.05, 3.63) is 126 Å². The predicted molar refractivity (Wildman–Crippen MR) is 190 cm³/mol. The molecule has 0 radical (unpaired) electrons. The van der Waals surface area contributed by atoms with Crippen LogP contribution in [-0.4, -0.2) is 24.6 Å². The van der Waals surface area contributed by atoms with Crippen LogP contribution in [0.15, 0.2) is 115 Å². The molecule has 0 amide bonds. The second-order valence-corrected chi connectivity index (χ2v) is 14.0. The van der Waals surface area contributed by atoms with Gasteiger partial charge in [-0.2, -0.15) is 0 Å². The van der Waals surface area contributed by atoms with Gasteiger partial charge in [0.05, 0.1) is 11.0 Å². The molecule has 228 valence electrons. The van der Waals surface area contributed by atoms with Crippen molar-refractivity contribution in [1.82, 2.24) is 19.5 Å². The molecule has 0 aliphatic carbocycles. The average Bonchev–Trinajstić information content (AvgIpc) is 3.39. The first-order valence-electron chi connectivity index (χ1n) is 15.8. The quantitative estimate of drug-likeness (QED) is 0.218. The lowest BCUT2D eigenvalue weighted by molar-refractivity contribution is 0.482. The molecule has 1 N–H and O–H groups in total. The van der Waals surface area contributed by atoms with Crippen LogP contribution in [0.4, 0.5) is 0 Å². The highest BCUT2D eigenvalue weighted by molar-refractivity contribution is 6.12. The van der Waals surface area contributed by atoms with Crippen molar-refractivity contribution in [2.45, 2.75) is 52.4 Å². The molecule has 5 heteroatoms. The van der Waals surface area contributed by atoms with E-state index in [9.17, 15) is 5.11 Å². The van der Waals surface area contributed by atoms with Crippen LogP contribution in [0.5, 0.6) is 5.75 Å². The van der Waals surface area contributed by atoms with Gasteiger partial charge in [0.15, 0.2) is 17.5 Å². The van der Waals surface area contributed by atoms with Crippen LogP contribution >= 0.6 is 0 Å². The van der Waals surface area contributed by atoms with Gasteiger partial charge in [-0.15, -0.1) is 0 Å². The van der Waals surface area contributed by atoms with Crippen molar-refractivity contribution < 1.29 is 5.11 Å². The maximum atomic E-state index is 10.8. The number of nitrogens with zero attached hydrogens (tertiary/aromatic N) is 4. The van der Waals surface area contributed by atoms with Crippen molar-refractivity contribution in [1.29, 1.82) is 0 Å². The van der Waals surface area contributed by atoms with E-state index >= 15 is 0 Å². The standard InChI is InChI=1S/C41H38N4O/c1-40(2,3)29-21-17-26(18-22-29)37-42-38(27-19-23-30(24-20-27)41(4,5)6)44-39(43-37)28-11-9-12-31(25-28)45-33-14-8-7-13-32(33)36-34(45)15-10-16-35(36)46/h7-25,46H,1-6H3. The van der Waals surface area contributed by atoms with Crippen molar-refractivity contribution in [3.8, 4) is 45.6 Å². The molecule has 0 aliphatic rings. The zero-order chi connectivity index (χ0) is 32.2. The van der Waals surface area contributed by atoms with E-state index in [0.29, 0.717) is 17.5 Å². The molecule has 0 aliphatic heterocycles. The molecule has 7 rings (SSSR count). The summed E-state index contributed by atoms with van der Waals surface area (Å²) in [5.74, 6) is 2.13. The van der Waals surface area contributed by atoms with E-state index in [-0.39, 0.29) is 16.6 Å². The van der Waals surface area contributed by atoms with E-state index in [0.717, 1.165) is 44.2 Å². The second kappa shape index (κ2) is 11.0. The summed E-state index contributed by atoms with van der Waals surface area (Å²) >= 11 is 0. The van der Waals surface area contributed by atoms with Crippen LogP contribution in [-0.2, 0) is 10.8 Å². The fourth-order valence-corrected chi connectivity index (χ4v) is 6.06. The van der Waals surface area contributed by atoms with E-state index in [1.807, 2.05) is 36.4 Å². The van der Waals surface area contributed by atoms with Crippen LogP contribution in [0.25, 0.3) is 61.7 Å². The van der Waals surface area contributed by atoms with E-state index in [2.05, 4.69) is 119 Å². The van der Waals surface area contributed by atoms with Crippen molar-refractivity contribution in [3.63, 3.8) is 0 Å². The summed E-state index contributed by atoms with van der Waals surface area (Å²) < 4.78 is 2.19. The molecular formula is C41H38N4O. The van der Waals surface area contributed by atoms with E-state index in [1.54, 1.807) is 6.07 Å². The number of benzene rings is 5. The van der Waals surface area contributed by atoms with Gasteiger partial charge in [-0.05, 0) is 52.3 Å². The van der Waals surface area contributed by atoms with Gasteiger partial charge in [0.2, 0.25) is 0 Å². The zero-order valence-electron chi connectivity index (χ0n) is 27.2. The van der Waals surface area contributed by atoms with Gasteiger partial charge in [0.1, 0.15) is 5.75 Å². The smallest absolute Gasteiger partial charge is 0.164 e. The number of aromatic nitrogens is 4. The Hall–Kier alpha value is -5.29. The Morgan fingerprint density at radius 1 is 0.500 bits per heavy atom. The summed E-state index contributed by atoms with van der Waals surface area (Å²) in [6.45, 7) is 13.3. The first-order valence-corrected chi connectivity index (χ1v) is 15.8. The molecule has 0 atom stereocenters. The summed E-state index contributed by atoms with van der Waals surface area (Å²) in [5, 5.41) is 12.7. The fourth-order valence-electron chi connectivity index (χ4n) is 6.06. The van der Waals surface area contributed by atoms with Crippen molar-refractivity contribution in [2.24, 2.45) is 0 Å². The second-order valence-electron chi connectivity index (χ2n) is 14.0. The first-order chi connectivity index (χ1) is 22.0. The zero-order valence-corrected chi connectivity index (χ0v) is 27.2. The maximum Gasteiger partial charge on any atom is 0.164 e. The van der Waals surface area contributed by atoms with Crippen LogP contribution in [0, 0.1) is 0 Å². The van der Waals surface area contributed by atoms with Crippen LogP contribution in [0.3, 0.4) is 0 Å². The highest BCUT2D eigenvalue weighted by Crippen LogP contribution is 2.38. The third-order valence-electron chi connectivity index (χ3n) is 8.69. The number of para-hydroxylation sites is 1. The maximum absolute atomic E-state index is 10.8. The van der Waals surface area contributed by atoms with Crippen LogP contribution in [0.1, 0.15) is 52.7 Å². The molecule has 46 heavy (non-hydrogen) atoms. The van der Waals surface area contributed by atoms with Crippen molar-refractivity contribution >= 4 is 21.8 Å². The molecule has 2 aromatic heterocycles. The SMILES string of the molecule is CC(C)(C)c1ccc(-c2nc(-c3ccc(C(C)(C)C)cc3)nc(-c3cccc(-n4c5ccccc5c5c(O)cccc54)c3)n2)cc1. The van der Waals surface area contributed by atoms with Gasteiger partial charge in [0, 0.05) is 33.2 Å². The number of hydrogen-bond acceptors (Lipinski definition) is 4. The fraction of sp³-hybridized carbons (Fsp3) is 0.195. The van der Waals surface area contributed by atoms with Crippen LogP contribution in [0.2, 0.25) is 0 Å². The Balaban J connectivity index is 1.40. The summed E-state index contributed by atoms with van der Waals surface area (Å²) in [7, 11) is 0. The molecule has 0 unspecified atom stereocenters. The lowest BCUT2D eigenvalue weighted by Crippen LogP contribution is -2.10. The van der Waals surface area contributed by atoms with Crippen molar-refractivity contribution in [2.75, 3.05) is 0 Å². The van der Waals surface area contributed by atoms with Gasteiger partial charge in [-0.25, -0.2) is 15.0 Å². The molecule has 0 bridgehead atoms. The Bertz CT molecular complexity index is 2140. The minimum atomic E-state index is 0.0484. The monoisotopic (exact) mass is 602 g/mol. The number of phenolic OH excluding ortho intramolecular Hbond substituents is 1. The summed E-state index contributed by atoms with van der Waals surface area (Å²) in [6, 6.07) is 39.2. The minimum absolute atomic E-state index is 0.0484. The largest absolute Gasteiger partial charge is 0.507 e. The molecule has 5 aromatic carbocycles. The molecule has 0 saturated carbocycles. The average molecular weight is 603 g/mol. The third-order valence-corrected chi connectivity index (χ3v) is 8.69. The lowest BCUT2D eigenvalue weighted by Gasteiger charge is -2.19. The van der Waals surface area contributed by atoms with Gasteiger partial charge >= 0.3 is 0 Å². The molecule has 0 fully saturated rings. The van der Waals surface area contributed by atoms with E-state index < -0.39 is 0 Å². The van der Waals surface area contributed by atoms with E-state index in [1.165, 1.54) is 11.1 Å². The summed E-state index contributed by atoms with van der Waals surface area (Å²) in [6.07, 6.45) is 0. The third kappa shape index (κ3) is 5.32. The predicted octanol–water partition coefficient (Wildman–Crippen LogP) is 10.3. The summed E-state index contributed by atoms with van der Waals surface area (Å²) in [5.41, 5.74) is 8.30.